The molecular weight excluding hydrogens is 360 g/mol. The van der Waals surface area contributed by atoms with E-state index in [1.54, 1.807) is 0 Å². The van der Waals surface area contributed by atoms with Crippen molar-refractivity contribution in [3.63, 3.8) is 0 Å². The number of carbonyl (C=O) groups excluding carboxylic acids is 1. The number of para-hydroxylation sites is 1. The number of benzene rings is 2. The van der Waals surface area contributed by atoms with E-state index >= 15 is 0 Å². The van der Waals surface area contributed by atoms with Crippen molar-refractivity contribution in [2.45, 2.75) is 39.2 Å². The summed E-state index contributed by atoms with van der Waals surface area (Å²) in [7, 11) is 0. The lowest BCUT2D eigenvalue weighted by molar-refractivity contribution is 0.0772. The zero-order chi connectivity index (χ0) is 20.4. The lowest BCUT2D eigenvalue weighted by Gasteiger charge is -2.40. The highest BCUT2D eigenvalue weighted by Crippen LogP contribution is 2.44. The van der Waals surface area contributed by atoms with Crippen LogP contribution in [0.1, 0.15) is 53.7 Å². The van der Waals surface area contributed by atoms with E-state index in [0.717, 1.165) is 61.5 Å². The lowest BCUT2D eigenvalue weighted by atomic mass is 9.82. The summed E-state index contributed by atoms with van der Waals surface area (Å²) in [5, 5.41) is 3.44. The molecule has 0 radical (unpaired) electrons. The third-order valence-electron chi connectivity index (χ3n) is 6.16. The fourth-order valence-electron chi connectivity index (χ4n) is 4.39. The van der Waals surface area contributed by atoms with E-state index in [4.69, 9.17) is 4.74 Å². The Bertz CT molecular complexity index is 920. The summed E-state index contributed by atoms with van der Waals surface area (Å²) < 4.78 is 6.59. The number of nitrogens with zero attached hydrogens (tertiary/aromatic N) is 1. The first-order chi connectivity index (χ1) is 14.1. The van der Waals surface area contributed by atoms with Crippen LogP contribution in [-0.2, 0) is 0 Å². The topological polar surface area (TPSA) is 41.6 Å². The first kappa shape index (κ1) is 19.7. The number of hydrogen-bond acceptors (Lipinski definition) is 3. The highest BCUT2D eigenvalue weighted by atomic mass is 16.5. The summed E-state index contributed by atoms with van der Waals surface area (Å²) in [5.74, 6) is 1.09. The van der Waals surface area contributed by atoms with Crippen LogP contribution in [-0.4, -0.2) is 42.6 Å². The van der Waals surface area contributed by atoms with Crippen molar-refractivity contribution in [3.05, 3.63) is 70.8 Å². The van der Waals surface area contributed by atoms with Crippen molar-refractivity contribution in [1.82, 2.24) is 10.2 Å². The van der Waals surface area contributed by atoms with Gasteiger partial charge in [-0.1, -0.05) is 30.3 Å². The molecule has 1 amide bonds. The van der Waals surface area contributed by atoms with Gasteiger partial charge in [-0.2, -0.15) is 0 Å². The van der Waals surface area contributed by atoms with Gasteiger partial charge < -0.3 is 15.0 Å². The zero-order valence-corrected chi connectivity index (χ0v) is 17.6. The molecule has 0 unspecified atom stereocenters. The van der Waals surface area contributed by atoms with Crippen LogP contribution in [0.3, 0.4) is 0 Å². The number of ether oxygens (including phenoxy) is 1. The smallest absolute Gasteiger partial charge is 0.253 e. The van der Waals surface area contributed by atoms with Gasteiger partial charge in [0.2, 0.25) is 0 Å². The molecule has 4 nitrogen and oxygen atoms in total. The highest BCUT2D eigenvalue weighted by Gasteiger charge is 2.37. The molecule has 2 aliphatic rings. The molecule has 0 saturated carbocycles. The van der Waals surface area contributed by atoms with Crippen molar-refractivity contribution in [2.24, 2.45) is 0 Å². The molecule has 0 atom stereocenters. The first-order valence-electron chi connectivity index (χ1n) is 10.7. The van der Waals surface area contributed by atoms with Gasteiger partial charge in [0.1, 0.15) is 11.4 Å². The molecule has 1 fully saturated rings. The van der Waals surface area contributed by atoms with Gasteiger partial charge in [0.05, 0.1) is 0 Å². The molecule has 0 bridgehead atoms. The summed E-state index contributed by atoms with van der Waals surface area (Å²) >= 11 is 0. The maximum Gasteiger partial charge on any atom is 0.253 e. The first-order valence-corrected chi connectivity index (χ1v) is 10.7. The van der Waals surface area contributed by atoms with Crippen LogP contribution in [0.25, 0.3) is 5.57 Å². The summed E-state index contributed by atoms with van der Waals surface area (Å²) in [6, 6.07) is 14.4. The van der Waals surface area contributed by atoms with E-state index in [0.29, 0.717) is 0 Å². The summed E-state index contributed by atoms with van der Waals surface area (Å²) in [4.78, 5) is 14.5. The fourth-order valence-corrected chi connectivity index (χ4v) is 4.39. The van der Waals surface area contributed by atoms with Gasteiger partial charge in [0.25, 0.3) is 5.91 Å². The van der Waals surface area contributed by atoms with Crippen LogP contribution < -0.4 is 10.1 Å². The van der Waals surface area contributed by atoms with E-state index in [1.807, 2.05) is 30.9 Å². The highest BCUT2D eigenvalue weighted by molar-refractivity contribution is 5.95. The third kappa shape index (κ3) is 3.69. The largest absolute Gasteiger partial charge is 0.482 e. The number of amides is 1. The Morgan fingerprint density at radius 2 is 1.76 bits per heavy atom. The molecular formula is C25H30N2O2. The van der Waals surface area contributed by atoms with Crippen molar-refractivity contribution in [3.8, 4) is 5.75 Å². The predicted molar refractivity (Wildman–Crippen MR) is 117 cm³/mol. The standard InChI is InChI=1S/C25H30N2O2/c1-4-27(5-2)24(28)20-11-9-19(10-12-20)22-17-25(13-15-26-16-14-25)29-23-18(3)7-6-8-21(22)23/h6-12,17,26H,4-5,13-16H2,1-3H3. The second-order valence-electron chi connectivity index (χ2n) is 7.98. The van der Waals surface area contributed by atoms with Crippen LogP contribution in [0.15, 0.2) is 48.5 Å². The molecule has 1 spiro atoms. The molecule has 2 heterocycles. The molecule has 2 aliphatic heterocycles. The number of rotatable bonds is 4. The number of nitrogens with one attached hydrogen (secondary N) is 1. The Balaban J connectivity index is 1.74. The van der Waals surface area contributed by atoms with Crippen LogP contribution in [0.5, 0.6) is 5.75 Å². The fraction of sp³-hybridized carbons (Fsp3) is 0.400. The number of aryl methyl sites for hydroxylation is 1. The van der Waals surface area contributed by atoms with Gasteiger partial charge in [0, 0.05) is 37.1 Å². The van der Waals surface area contributed by atoms with E-state index < -0.39 is 0 Å². The molecule has 29 heavy (non-hydrogen) atoms. The van der Waals surface area contributed by atoms with E-state index in [9.17, 15) is 4.79 Å². The van der Waals surface area contributed by atoms with Crippen LogP contribution in [0.2, 0.25) is 0 Å². The summed E-state index contributed by atoms with van der Waals surface area (Å²) in [6.07, 6.45) is 4.24. The maximum atomic E-state index is 12.7. The van der Waals surface area contributed by atoms with Gasteiger partial charge in [-0.3, -0.25) is 4.79 Å². The third-order valence-corrected chi connectivity index (χ3v) is 6.16. The quantitative estimate of drug-likeness (QED) is 0.840. The normalized spacial score (nSPS) is 17.3. The summed E-state index contributed by atoms with van der Waals surface area (Å²) in [5.41, 5.74) is 5.13. The molecule has 1 saturated heterocycles. The molecule has 4 rings (SSSR count). The maximum absolute atomic E-state index is 12.7. The van der Waals surface area contributed by atoms with Crippen LogP contribution in [0.4, 0.5) is 0 Å². The van der Waals surface area contributed by atoms with Crippen LogP contribution >= 0.6 is 0 Å². The van der Waals surface area contributed by atoms with E-state index in [2.05, 4.69) is 48.6 Å². The number of piperidine rings is 1. The van der Waals surface area contributed by atoms with Crippen molar-refractivity contribution < 1.29 is 9.53 Å². The van der Waals surface area contributed by atoms with Crippen molar-refractivity contribution >= 4 is 11.5 Å². The molecule has 4 heteroatoms. The minimum absolute atomic E-state index is 0.0913. The second-order valence-corrected chi connectivity index (χ2v) is 7.98. The minimum atomic E-state index is -0.255. The lowest BCUT2D eigenvalue weighted by Crippen LogP contribution is -2.46. The minimum Gasteiger partial charge on any atom is -0.482 e. The van der Waals surface area contributed by atoms with Gasteiger partial charge in [-0.25, -0.2) is 0 Å². The molecule has 152 valence electrons. The molecule has 1 N–H and O–H groups in total. The van der Waals surface area contributed by atoms with Gasteiger partial charge in [0.15, 0.2) is 0 Å². The Labute approximate surface area is 173 Å². The van der Waals surface area contributed by atoms with Crippen molar-refractivity contribution in [2.75, 3.05) is 26.2 Å². The average Bonchev–Trinajstić information content (AvgIpc) is 2.75. The molecule has 2 aromatic carbocycles. The van der Waals surface area contributed by atoms with Crippen LogP contribution in [0, 0.1) is 6.92 Å². The Morgan fingerprint density at radius 1 is 1.07 bits per heavy atom. The Kier molecular flexibility index (Phi) is 5.46. The molecule has 0 aliphatic carbocycles. The molecule has 0 aromatic heterocycles. The van der Waals surface area contributed by atoms with Gasteiger partial charge >= 0.3 is 0 Å². The number of carbonyl (C=O) groups is 1. The zero-order valence-electron chi connectivity index (χ0n) is 17.6. The van der Waals surface area contributed by atoms with Gasteiger partial charge in [-0.05, 0) is 68.8 Å². The summed E-state index contributed by atoms with van der Waals surface area (Å²) in [6.45, 7) is 9.51. The van der Waals surface area contributed by atoms with E-state index in [-0.39, 0.29) is 11.5 Å². The van der Waals surface area contributed by atoms with E-state index in [1.165, 1.54) is 11.1 Å². The Hall–Kier alpha value is -2.59. The SMILES string of the molecule is CCN(CC)C(=O)c1ccc(C2=CC3(CCNCC3)Oc3c(C)cccc32)cc1. The Morgan fingerprint density at radius 3 is 2.41 bits per heavy atom. The van der Waals surface area contributed by atoms with Crippen molar-refractivity contribution in [1.29, 1.82) is 0 Å². The van der Waals surface area contributed by atoms with Gasteiger partial charge in [-0.15, -0.1) is 0 Å². The second kappa shape index (κ2) is 8.03. The monoisotopic (exact) mass is 390 g/mol. The predicted octanol–water partition coefficient (Wildman–Crippen LogP) is 4.42. The number of fused-ring (bicyclic) bond motifs is 1. The molecule has 2 aromatic rings. The number of hydrogen-bond donors (Lipinski definition) is 1. The average molecular weight is 391 g/mol.